The van der Waals surface area contributed by atoms with Crippen molar-refractivity contribution < 1.29 is 19.9 Å². The van der Waals surface area contributed by atoms with Crippen molar-refractivity contribution in [3.05, 3.63) is 103 Å². The zero-order chi connectivity index (χ0) is 25.3. The van der Waals surface area contributed by atoms with Gasteiger partial charge in [0.15, 0.2) is 0 Å². The lowest BCUT2D eigenvalue weighted by Gasteiger charge is -2.00. The average Bonchev–Trinajstić information content (AvgIpc) is 3.48. The second-order valence-corrected chi connectivity index (χ2v) is 10.8. The number of nitrogens with zero attached hydrogens (tertiary/aromatic N) is 2. The van der Waals surface area contributed by atoms with Crippen molar-refractivity contribution in [2.45, 2.75) is 0 Å². The van der Waals surface area contributed by atoms with E-state index in [1.165, 1.54) is 34.8 Å². The number of nitro groups is 2. The molecule has 2 aromatic carbocycles. The summed E-state index contributed by atoms with van der Waals surface area (Å²) in [5, 5.41) is 45.4. The van der Waals surface area contributed by atoms with Crippen LogP contribution in [0.2, 0.25) is 0 Å². The number of benzene rings is 2. The van der Waals surface area contributed by atoms with Gasteiger partial charge < -0.3 is 10.0 Å². The number of thiophene rings is 2. The second kappa shape index (κ2) is 14.0. The molecule has 2 aromatic heterocycles. The molecule has 0 amide bonds. The molecule has 0 aliphatic carbocycles. The van der Waals surface area contributed by atoms with Crippen LogP contribution in [-0.2, 0) is 0 Å². The number of rotatable bonds is 4. The van der Waals surface area contributed by atoms with E-state index in [0.29, 0.717) is 14.6 Å². The Balaban J connectivity index is 0.000000190. The van der Waals surface area contributed by atoms with Crippen LogP contribution < -0.4 is 5.46 Å². The molecule has 0 bridgehead atoms. The maximum Gasteiger partial charge on any atom is 0.489 e. The van der Waals surface area contributed by atoms with E-state index < -0.39 is 12.0 Å². The maximum absolute atomic E-state index is 10.8. The molecule has 0 atom stereocenters. The smallest absolute Gasteiger partial charge is 0.423 e. The number of nitro benzene ring substituents is 2. The normalized spacial score (nSPS) is 9.79. The van der Waals surface area contributed by atoms with E-state index in [0.717, 1.165) is 14.5 Å². The van der Waals surface area contributed by atoms with E-state index in [4.69, 9.17) is 10.0 Å². The molecule has 0 radical (unpaired) electrons. The average molecular weight is 740 g/mol. The van der Waals surface area contributed by atoms with Gasteiger partial charge in [-0.2, -0.15) is 22.7 Å². The van der Waals surface area contributed by atoms with Crippen molar-refractivity contribution in [2.75, 3.05) is 0 Å². The van der Waals surface area contributed by atoms with E-state index in [-0.39, 0.29) is 16.3 Å². The topological polar surface area (TPSA) is 127 Å². The first-order valence-electron chi connectivity index (χ1n) is 9.04. The van der Waals surface area contributed by atoms with Crippen LogP contribution in [0.3, 0.4) is 0 Å². The SMILES string of the molecule is O=[N+]([O-])c1ccc(Br)cc1-c1ccsc1.O=[N+]([O-])c1ccc(Br)cc1I.OB(O)c1ccsc1. The molecule has 2 heterocycles. The number of hydrogen-bond donors (Lipinski definition) is 2. The fourth-order valence-corrected chi connectivity index (χ4v) is 5.56. The van der Waals surface area contributed by atoms with Gasteiger partial charge in [0, 0.05) is 21.1 Å². The number of hydrogen-bond acceptors (Lipinski definition) is 8. The highest BCUT2D eigenvalue weighted by atomic mass is 127. The molecule has 0 saturated carbocycles. The van der Waals surface area contributed by atoms with Crippen molar-refractivity contribution in [1.29, 1.82) is 0 Å². The molecule has 34 heavy (non-hydrogen) atoms. The first-order valence-corrected chi connectivity index (χ1v) is 13.6. The lowest BCUT2D eigenvalue weighted by Crippen LogP contribution is -2.27. The van der Waals surface area contributed by atoms with E-state index in [1.54, 1.807) is 41.1 Å². The van der Waals surface area contributed by atoms with Gasteiger partial charge in [-0.15, -0.1) is 0 Å². The first kappa shape index (κ1) is 28.6. The minimum absolute atomic E-state index is 0.136. The summed E-state index contributed by atoms with van der Waals surface area (Å²) in [6, 6.07) is 13.3. The van der Waals surface area contributed by atoms with Crippen molar-refractivity contribution in [3.8, 4) is 11.1 Å². The third-order valence-electron chi connectivity index (χ3n) is 3.94. The fourth-order valence-electron chi connectivity index (χ4n) is 2.37. The zero-order valence-corrected chi connectivity index (χ0v) is 23.8. The van der Waals surface area contributed by atoms with Crippen LogP contribution in [0.15, 0.2) is 79.0 Å². The van der Waals surface area contributed by atoms with Crippen molar-refractivity contribution in [1.82, 2.24) is 0 Å². The molecule has 14 heteroatoms. The Bertz CT molecular complexity index is 1240. The fraction of sp³-hybridized carbons (Fsp3) is 0. The van der Waals surface area contributed by atoms with Crippen molar-refractivity contribution >= 4 is 101 Å². The van der Waals surface area contributed by atoms with Gasteiger partial charge in [0.05, 0.1) is 19.0 Å². The third kappa shape index (κ3) is 8.83. The number of halogens is 3. The Hall–Kier alpha value is -1.69. The molecule has 4 rings (SSSR count). The van der Waals surface area contributed by atoms with Crippen LogP contribution in [-0.4, -0.2) is 27.0 Å². The quantitative estimate of drug-likeness (QED) is 0.107. The highest BCUT2D eigenvalue weighted by molar-refractivity contribution is 14.1. The predicted molar refractivity (Wildman–Crippen MR) is 152 cm³/mol. The van der Waals surface area contributed by atoms with Gasteiger partial charge in [0.25, 0.3) is 11.4 Å². The molecule has 176 valence electrons. The molecular weight excluding hydrogens is 726 g/mol. The maximum atomic E-state index is 10.8. The largest absolute Gasteiger partial charge is 0.489 e. The van der Waals surface area contributed by atoms with Gasteiger partial charge in [-0.25, -0.2) is 0 Å². The van der Waals surface area contributed by atoms with Crippen LogP contribution in [0.25, 0.3) is 11.1 Å². The van der Waals surface area contributed by atoms with E-state index in [9.17, 15) is 20.2 Å². The molecule has 4 aromatic rings. The molecule has 0 unspecified atom stereocenters. The van der Waals surface area contributed by atoms with E-state index in [2.05, 4.69) is 31.9 Å². The Morgan fingerprint density at radius 2 is 1.38 bits per heavy atom. The van der Waals surface area contributed by atoms with Gasteiger partial charge in [-0.1, -0.05) is 37.9 Å². The lowest BCUT2D eigenvalue weighted by molar-refractivity contribution is -0.385. The van der Waals surface area contributed by atoms with Crippen molar-refractivity contribution in [2.24, 2.45) is 0 Å². The summed E-state index contributed by atoms with van der Waals surface area (Å²) in [5.41, 5.74) is 2.38. The van der Waals surface area contributed by atoms with Crippen LogP contribution in [0.1, 0.15) is 0 Å². The monoisotopic (exact) mass is 738 g/mol. The minimum atomic E-state index is -1.30. The molecule has 0 aliphatic rings. The van der Waals surface area contributed by atoms with Gasteiger partial charge in [-0.3, -0.25) is 20.2 Å². The summed E-state index contributed by atoms with van der Waals surface area (Å²) in [5.74, 6) is 0. The molecule has 0 saturated heterocycles. The Morgan fingerprint density at radius 3 is 1.82 bits per heavy atom. The second-order valence-electron chi connectivity index (χ2n) is 6.21. The highest BCUT2D eigenvalue weighted by Crippen LogP contribution is 2.33. The Kier molecular flexibility index (Phi) is 11.8. The van der Waals surface area contributed by atoms with Gasteiger partial charge in [0.1, 0.15) is 0 Å². The lowest BCUT2D eigenvalue weighted by atomic mass is 9.83. The summed E-state index contributed by atoms with van der Waals surface area (Å²) in [6.07, 6.45) is 0. The summed E-state index contributed by atoms with van der Waals surface area (Å²) in [4.78, 5) is 20.4. The first-order chi connectivity index (χ1) is 16.1. The molecule has 0 spiro atoms. The predicted octanol–water partition coefficient (Wildman–Crippen LogP) is 6.48. The van der Waals surface area contributed by atoms with E-state index in [1.807, 2.05) is 39.4 Å². The summed E-state index contributed by atoms with van der Waals surface area (Å²) in [6.45, 7) is 0. The van der Waals surface area contributed by atoms with Gasteiger partial charge >= 0.3 is 7.12 Å². The van der Waals surface area contributed by atoms with E-state index >= 15 is 0 Å². The summed E-state index contributed by atoms with van der Waals surface area (Å²) in [7, 11) is -1.30. The minimum Gasteiger partial charge on any atom is -0.423 e. The Labute approximate surface area is 233 Å². The molecular formula is C20H14BBr2IN2O6S2. The van der Waals surface area contributed by atoms with Crippen LogP contribution in [0.5, 0.6) is 0 Å². The third-order valence-corrected chi connectivity index (χ3v) is 7.17. The Morgan fingerprint density at radius 1 is 0.824 bits per heavy atom. The highest BCUT2D eigenvalue weighted by Gasteiger charge is 2.15. The standard InChI is InChI=1S/C10H6BrNO2S.C6H3BrINO2.C4H5BO2S/c11-8-1-2-10(12(13)14)9(5-8)7-3-4-15-6-7;7-4-1-2-6(9(10)11)5(8)3-4;6-5(7)4-1-2-8-3-4/h1-6H;1-3H;1-3,6-7H. The molecule has 0 aliphatic heterocycles. The van der Waals surface area contributed by atoms with Gasteiger partial charge in [0.2, 0.25) is 0 Å². The molecule has 0 fully saturated rings. The summed E-state index contributed by atoms with van der Waals surface area (Å²) < 4.78 is 2.34. The molecule has 2 N–H and O–H groups in total. The van der Waals surface area contributed by atoms with Crippen LogP contribution >= 0.6 is 77.1 Å². The molecule has 8 nitrogen and oxygen atoms in total. The summed E-state index contributed by atoms with van der Waals surface area (Å²) >= 11 is 11.4. The van der Waals surface area contributed by atoms with Crippen LogP contribution in [0, 0.1) is 23.8 Å². The van der Waals surface area contributed by atoms with Crippen molar-refractivity contribution in [3.63, 3.8) is 0 Å². The zero-order valence-electron chi connectivity index (χ0n) is 16.9. The van der Waals surface area contributed by atoms with Gasteiger partial charge in [-0.05, 0) is 85.5 Å². The van der Waals surface area contributed by atoms with Crippen LogP contribution in [0.4, 0.5) is 11.4 Å².